The number of nitrogens with two attached hydrogens (primary N) is 1. The molecule has 0 aromatic heterocycles. The molecule has 0 atom stereocenters. The van der Waals surface area contributed by atoms with Crippen molar-refractivity contribution in [3.8, 4) is 0 Å². The summed E-state index contributed by atoms with van der Waals surface area (Å²) in [5.41, 5.74) is 12.3. The summed E-state index contributed by atoms with van der Waals surface area (Å²) in [7, 11) is 0. The number of hydrogen-bond acceptors (Lipinski definition) is 2. The largest absolute Gasteiger partial charge is 0.399 e. The zero-order chi connectivity index (χ0) is 19.1. The topological polar surface area (TPSA) is 43.1 Å². The van der Waals surface area contributed by atoms with Crippen LogP contribution in [-0.2, 0) is 10.8 Å². The second-order valence-corrected chi connectivity index (χ2v) is 8.85. The van der Waals surface area contributed by atoms with E-state index in [0.29, 0.717) is 5.69 Å². The quantitative estimate of drug-likeness (QED) is 0.432. The fraction of sp³-hybridized carbons (Fsp3) is 0.375. The summed E-state index contributed by atoms with van der Waals surface area (Å²) in [6.45, 7) is 11.2. The van der Waals surface area contributed by atoms with Crippen LogP contribution in [0.15, 0.2) is 42.5 Å². The van der Waals surface area contributed by atoms with Gasteiger partial charge in [0.15, 0.2) is 5.78 Å². The van der Waals surface area contributed by atoms with Gasteiger partial charge in [0.05, 0.1) is 0 Å². The summed E-state index contributed by atoms with van der Waals surface area (Å²) in [5, 5.41) is 0. The first kappa shape index (κ1) is 18.4. The first-order valence-corrected chi connectivity index (χ1v) is 9.34. The molecule has 0 heterocycles. The lowest BCUT2D eigenvalue weighted by atomic mass is 9.62. The van der Waals surface area contributed by atoms with E-state index in [1.54, 1.807) is 6.08 Å². The lowest BCUT2D eigenvalue weighted by Crippen LogP contribution is -2.34. The third-order valence-electron chi connectivity index (χ3n) is 5.80. The van der Waals surface area contributed by atoms with Gasteiger partial charge in [0.25, 0.3) is 0 Å². The highest BCUT2D eigenvalue weighted by Gasteiger charge is 2.37. The van der Waals surface area contributed by atoms with Gasteiger partial charge >= 0.3 is 0 Å². The van der Waals surface area contributed by atoms with Gasteiger partial charge < -0.3 is 5.73 Å². The number of ketones is 1. The van der Waals surface area contributed by atoms with Crippen molar-refractivity contribution in [3.05, 3.63) is 70.3 Å². The molecular formula is C24H29NO. The molecule has 0 amide bonds. The van der Waals surface area contributed by atoms with Gasteiger partial charge in [-0.1, -0.05) is 52.0 Å². The third-order valence-corrected chi connectivity index (χ3v) is 5.80. The van der Waals surface area contributed by atoms with Crippen molar-refractivity contribution < 1.29 is 4.79 Å². The van der Waals surface area contributed by atoms with Crippen LogP contribution in [0.3, 0.4) is 0 Å². The van der Waals surface area contributed by atoms with Crippen molar-refractivity contribution in [2.24, 2.45) is 0 Å². The molecule has 0 unspecified atom stereocenters. The van der Waals surface area contributed by atoms with E-state index in [2.05, 4.69) is 39.8 Å². The molecule has 0 spiro atoms. The van der Waals surface area contributed by atoms with Crippen molar-refractivity contribution in [2.45, 2.75) is 58.3 Å². The number of rotatable bonds is 3. The zero-order valence-electron chi connectivity index (χ0n) is 16.5. The monoisotopic (exact) mass is 347 g/mol. The summed E-state index contributed by atoms with van der Waals surface area (Å²) >= 11 is 0. The number of carbonyl (C=O) groups excluding carboxylic acids is 1. The predicted molar refractivity (Wildman–Crippen MR) is 111 cm³/mol. The number of allylic oxidation sites excluding steroid dienone is 1. The van der Waals surface area contributed by atoms with Gasteiger partial charge in [-0.2, -0.15) is 0 Å². The molecule has 1 aliphatic rings. The third kappa shape index (κ3) is 3.46. The number of anilines is 1. The Hall–Kier alpha value is -2.35. The van der Waals surface area contributed by atoms with Crippen LogP contribution in [0, 0.1) is 6.92 Å². The van der Waals surface area contributed by atoms with Crippen molar-refractivity contribution in [1.29, 1.82) is 0 Å². The van der Waals surface area contributed by atoms with Crippen molar-refractivity contribution in [3.63, 3.8) is 0 Å². The fourth-order valence-corrected chi connectivity index (χ4v) is 3.91. The average molecular weight is 348 g/mol. The van der Waals surface area contributed by atoms with E-state index in [4.69, 9.17) is 5.73 Å². The number of fused-ring (bicyclic) bond motifs is 1. The minimum Gasteiger partial charge on any atom is -0.399 e. The van der Waals surface area contributed by atoms with E-state index in [-0.39, 0.29) is 16.6 Å². The first-order valence-electron chi connectivity index (χ1n) is 9.34. The Bertz CT molecular complexity index is 887. The zero-order valence-corrected chi connectivity index (χ0v) is 16.5. The minimum absolute atomic E-state index is 0.0481. The van der Waals surface area contributed by atoms with Crippen molar-refractivity contribution >= 4 is 17.5 Å². The first-order chi connectivity index (χ1) is 12.1. The maximum absolute atomic E-state index is 12.9. The minimum atomic E-state index is 0.0481. The van der Waals surface area contributed by atoms with Gasteiger partial charge in [-0.25, -0.2) is 0 Å². The molecule has 3 rings (SSSR count). The van der Waals surface area contributed by atoms with Gasteiger partial charge in [-0.3, -0.25) is 4.79 Å². The van der Waals surface area contributed by atoms with Crippen LogP contribution in [0.4, 0.5) is 5.69 Å². The molecule has 2 aromatic rings. The Morgan fingerprint density at radius 2 is 1.62 bits per heavy atom. The van der Waals surface area contributed by atoms with Gasteiger partial charge in [-0.15, -0.1) is 0 Å². The summed E-state index contributed by atoms with van der Waals surface area (Å²) in [4.78, 5) is 12.9. The van der Waals surface area contributed by atoms with Gasteiger partial charge in [0, 0.05) is 11.3 Å². The number of nitrogen functional groups attached to an aromatic ring is 1. The Labute approximate surface area is 157 Å². The highest BCUT2D eigenvalue weighted by molar-refractivity contribution is 6.08. The van der Waals surface area contributed by atoms with Crippen LogP contribution in [0.1, 0.15) is 73.1 Å². The summed E-state index contributed by atoms with van der Waals surface area (Å²) < 4.78 is 0. The molecule has 0 aliphatic heterocycles. The standard InChI is InChI=1S/C24H29NO/c1-16-13-20-21(24(4,5)12-11-23(20,2)3)15-19(16)22(26)10-9-17-7-6-8-18(25)14-17/h6-10,13-15H,11-12,25H2,1-5H3/b10-9+. The molecule has 0 radical (unpaired) electrons. The van der Waals surface area contributed by atoms with Crippen LogP contribution in [0.2, 0.25) is 0 Å². The SMILES string of the molecule is Cc1cc2c(cc1C(=O)/C=C/c1cccc(N)c1)C(C)(C)CCC2(C)C. The molecule has 2 aromatic carbocycles. The van der Waals surface area contributed by atoms with Crippen LogP contribution in [-0.4, -0.2) is 5.78 Å². The Kier molecular flexibility index (Phi) is 4.56. The summed E-state index contributed by atoms with van der Waals surface area (Å²) in [5.74, 6) is 0.0481. The highest BCUT2D eigenvalue weighted by Crippen LogP contribution is 2.46. The molecule has 0 saturated carbocycles. The average Bonchev–Trinajstić information content (AvgIpc) is 2.57. The normalized spacial score (nSPS) is 17.9. The Balaban J connectivity index is 2.00. The van der Waals surface area contributed by atoms with Crippen LogP contribution >= 0.6 is 0 Å². The molecule has 2 nitrogen and oxygen atoms in total. The second-order valence-electron chi connectivity index (χ2n) is 8.85. The molecule has 26 heavy (non-hydrogen) atoms. The van der Waals surface area contributed by atoms with Gasteiger partial charge in [0.2, 0.25) is 0 Å². The van der Waals surface area contributed by atoms with E-state index in [1.807, 2.05) is 37.3 Å². The van der Waals surface area contributed by atoms with E-state index in [9.17, 15) is 4.79 Å². The van der Waals surface area contributed by atoms with E-state index in [0.717, 1.165) is 23.1 Å². The van der Waals surface area contributed by atoms with Gasteiger partial charge in [-0.05, 0) is 77.1 Å². The second kappa shape index (κ2) is 6.42. The molecule has 0 saturated heterocycles. The summed E-state index contributed by atoms with van der Waals surface area (Å²) in [6, 6.07) is 11.9. The number of aryl methyl sites for hydroxylation is 1. The maximum Gasteiger partial charge on any atom is 0.186 e. The number of carbonyl (C=O) groups is 1. The van der Waals surface area contributed by atoms with Crippen molar-refractivity contribution in [1.82, 2.24) is 0 Å². The molecular weight excluding hydrogens is 318 g/mol. The molecule has 2 N–H and O–H groups in total. The lowest BCUT2D eigenvalue weighted by Gasteiger charge is -2.42. The smallest absolute Gasteiger partial charge is 0.186 e. The van der Waals surface area contributed by atoms with Crippen LogP contribution < -0.4 is 5.73 Å². The van der Waals surface area contributed by atoms with E-state index < -0.39 is 0 Å². The highest BCUT2D eigenvalue weighted by atomic mass is 16.1. The predicted octanol–water partition coefficient (Wildman–Crippen LogP) is 5.82. The van der Waals surface area contributed by atoms with E-state index >= 15 is 0 Å². The molecule has 2 heteroatoms. The fourth-order valence-electron chi connectivity index (χ4n) is 3.91. The van der Waals surface area contributed by atoms with Crippen LogP contribution in [0.5, 0.6) is 0 Å². The Morgan fingerprint density at radius 1 is 1.00 bits per heavy atom. The van der Waals surface area contributed by atoms with E-state index in [1.165, 1.54) is 17.5 Å². The van der Waals surface area contributed by atoms with Crippen molar-refractivity contribution in [2.75, 3.05) is 5.73 Å². The molecule has 0 fully saturated rings. The summed E-state index contributed by atoms with van der Waals surface area (Å²) in [6.07, 6.45) is 5.81. The maximum atomic E-state index is 12.9. The number of benzene rings is 2. The van der Waals surface area contributed by atoms with Gasteiger partial charge in [0.1, 0.15) is 0 Å². The molecule has 0 bridgehead atoms. The Morgan fingerprint density at radius 3 is 2.23 bits per heavy atom. The molecule has 136 valence electrons. The number of hydrogen-bond donors (Lipinski definition) is 1. The van der Waals surface area contributed by atoms with Crippen LogP contribution in [0.25, 0.3) is 6.08 Å². The lowest BCUT2D eigenvalue weighted by molar-refractivity contribution is 0.104. The molecule has 1 aliphatic carbocycles.